The van der Waals surface area contributed by atoms with Crippen LogP contribution in [0.15, 0.2) is 48.5 Å². The number of alkyl halides is 3. The lowest BCUT2D eigenvalue weighted by Crippen LogP contribution is -2.70. The predicted octanol–water partition coefficient (Wildman–Crippen LogP) is 3.53. The fourth-order valence-corrected chi connectivity index (χ4v) is 4.26. The molecule has 0 aromatic heterocycles. The predicted molar refractivity (Wildman–Crippen MR) is 110 cm³/mol. The van der Waals surface area contributed by atoms with Gasteiger partial charge < -0.3 is 14.7 Å². The van der Waals surface area contributed by atoms with Crippen LogP contribution < -0.4 is 5.32 Å². The van der Waals surface area contributed by atoms with E-state index in [9.17, 15) is 27.6 Å². The Morgan fingerprint density at radius 3 is 2.06 bits per heavy atom. The maximum atomic E-state index is 13.8. The molecule has 0 bridgehead atoms. The fourth-order valence-electron chi connectivity index (χ4n) is 4.26. The number of carboxylic acids is 1. The third-order valence-corrected chi connectivity index (χ3v) is 6.26. The molecule has 2 aromatic carbocycles. The maximum absolute atomic E-state index is 13.8. The van der Waals surface area contributed by atoms with Crippen molar-refractivity contribution in [2.24, 2.45) is 0 Å². The molecule has 174 valence electrons. The number of carbonyl (C=O) groups excluding carboxylic acids is 2. The summed E-state index contributed by atoms with van der Waals surface area (Å²) >= 11 is 0. The highest BCUT2D eigenvalue weighted by Crippen LogP contribution is 2.44. The number of carbonyl (C=O) groups is 3. The number of ether oxygens (including phenoxy) is 1. The molecule has 0 radical (unpaired) electrons. The number of nitrogens with zero attached hydrogens (tertiary/aromatic N) is 1. The van der Waals surface area contributed by atoms with Gasteiger partial charge in [0.25, 0.3) is 5.91 Å². The first-order valence-corrected chi connectivity index (χ1v) is 10.3. The molecular formula is C23H21F3N2O5. The van der Waals surface area contributed by atoms with Gasteiger partial charge in [-0.25, -0.2) is 9.59 Å². The molecule has 1 aliphatic heterocycles. The Morgan fingerprint density at radius 2 is 1.61 bits per heavy atom. The van der Waals surface area contributed by atoms with E-state index in [-0.39, 0.29) is 25.5 Å². The monoisotopic (exact) mass is 462 g/mol. The molecule has 2 amide bonds. The zero-order chi connectivity index (χ0) is 24.0. The number of carboxylic acid groups (broad SMARTS) is 1. The van der Waals surface area contributed by atoms with Gasteiger partial charge in [-0.3, -0.25) is 10.1 Å². The smallest absolute Gasteiger partial charge is 0.420 e. The molecule has 4 rings (SSSR count). The van der Waals surface area contributed by atoms with Gasteiger partial charge in [-0.05, 0) is 35.6 Å². The van der Waals surface area contributed by atoms with E-state index < -0.39 is 35.7 Å². The normalized spacial score (nSPS) is 19.0. The van der Waals surface area contributed by atoms with Crippen LogP contribution in [0.3, 0.4) is 0 Å². The highest BCUT2D eigenvalue weighted by atomic mass is 19.4. The number of hydrogen-bond acceptors (Lipinski definition) is 4. The molecule has 2 aromatic rings. The van der Waals surface area contributed by atoms with Crippen LogP contribution in [0.1, 0.15) is 30.4 Å². The van der Waals surface area contributed by atoms with Crippen LogP contribution in [0.5, 0.6) is 0 Å². The van der Waals surface area contributed by atoms with Crippen molar-refractivity contribution in [3.63, 3.8) is 0 Å². The van der Waals surface area contributed by atoms with E-state index in [1.54, 1.807) is 5.32 Å². The molecule has 2 atom stereocenters. The molecule has 2 N–H and O–H groups in total. The average Bonchev–Trinajstić information content (AvgIpc) is 3.04. The van der Waals surface area contributed by atoms with Crippen LogP contribution in [0.2, 0.25) is 0 Å². The largest absolute Gasteiger partial charge is 0.480 e. The lowest BCUT2D eigenvalue weighted by Gasteiger charge is -2.43. The fraction of sp³-hybridized carbons (Fsp3) is 0.348. The number of likely N-dealkylation sites (tertiary alicyclic amines) is 1. The minimum absolute atomic E-state index is 0.0416. The molecule has 1 saturated heterocycles. The number of nitrogens with one attached hydrogen (secondary N) is 1. The summed E-state index contributed by atoms with van der Waals surface area (Å²) in [6, 6.07) is 13.6. The van der Waals surface area contributed by atoms with Gasteiger partial charge in [0, 0.05) is 12.5 Å². The van der Waals surface area contributed by atoms with Crippen molar-refractivity contribution in [2.45, 2.75) is 37.0 Å². The minimum Gasteiger partial charge on any atom is -0.480 e. The first-order valence-electron chi connectivity index (χ1n) is 10.3. The van der Waals surface area contributed by atoms with Gasteiger partial charge in [0.05, 0.1) is 0 Å². The Kier molecular flexibility index (Phi) is 5.55. The minimum atomic E-state index is -5.17. The molecule has 1 aliphatic carbocycles. The maximum Gasteiger partial charge on any atom is 0.420 e. The molecule has 10 heteroatoms. The standard InChI is InChI=1S/C23H21F3N2O5/c1-22(23(24,25)26,20(31)28-11-10-18(28)19(29)30)27-21(32)33-12-17-15-8-4-2-6-13(15)14-7-3-5-9-16(14)17/h2-9,17-18H,10-12H2,1H3,(H,27,32)(H,29,30). The van der Waals surface area contributed by atoms with E-state index in [2.05, 4.69) is 0 Å². The number of amides is 2. The lowest BCUT2D eigenvalue weighted by atomic mass is 9.94. The number of fused-ring (bicyclic) bond motifs is 3. The van der Waals surface area contributed by atoms with Gasteiger partial charge in [-0.15, -0.1) is 0 Å². The second kappa shape index (κ2) is 8.09. The van der Waals surface area contributed by atoms with Crippen LogP contribution in [0.25, 0.3) is 11.1 Å². The Labute approximate surface area is 187 Å². The Hall–Kier alpha value is -3.56. The van der Waals surface area contributed by atoms with E-state index in [4.69, 9.17) is 9.84 Å². The molecule has 1 heterocycles. The van der Waals surface area contributed by atoms with Crippen molar-refractivity contribution in [1.82, 2.24) is 10.2 Å². The second-order valence-electron chi connectivity index (χ2n) is 8.21. The molecular weight excluding hydrogens is 441 g/mol. The number of alkyl carbamates (subject to hydrolysis) is 1. The first-order chi connectivity index (χ1) is 15.5. The average molecular weight is 462 g/mol. The van der Waals surface area contributed by atoms with Crippen LogP contribution in [-0.4, -0.2) is 58.9 Å². The number of halogens is 3. The Balaban J connectivity index is 1.50. The van der Waals surface area contributed by atoms with Crippen LogP contribution in [0.4, 0.5) is 18.0 Å². The molecule has 2 aliphatic rings. The highest BCUT2D eigenvalue weighted by Gasteiger charge is 2.61. The number of benzene rings is 2. The van der Waals surface area contributed by atoms with Crippen LogP contribution in [0, 0.1) is 0 Å². The second-order valence-corrected chi connectivity index (χ2v) is 8.21. The SMILES string of the molecule is CC(NC(=O)OCC1c2ccccc2-c2ccccc21)(C(=O)N1CCC1C(=O)O)C(F)(F)F. The van der Waals surface area contributed by atoms with Gasteiger partial charge in [0.2, 0.25) is 5.54 Å². The number of hydrogen-bond donors (Lipinski definition) is 2. The molecule has 7 nitrogen and oxygen atoms in total. The van der Waals surface area contributed by atoms with Crippen LogP contribution in [-0.2, 0) is 14.3 Å². The summed E-state index contributed by atoms with van der Waals surface area (Å²) in [5.74, 6) is -3.31. The van der Waals surface area contributed by atoms with Gasteiger partial charge >= 0.3 is 18.2 Å². The van der Waals surface area contributed by atoms with Crippen molar-refractivity contribution in [2.75, 3.05) is 13.2 Å². The van der Waals surface area contributed by atoms with Gasteiger partial charge in [0.15, 0.2) is 0 Å². The van der Waals surface area contributed by atoms with Crippen molar-refractivity contribution < 1.29 is 37.4 Å². The summed E-state index contributed by atoms with van der Waals surface area (Å²) in [4.78, 5) is 36.8. The Bertz CT molecular complexity index is 1070. The number of rotatable bonds is 5. The van der Waals surface area contributed by atoms with Crippen molar-refractivity contribution in [1.29, 1.82) is 0 Å². The Morgan fingerprint density at radius 1 is 1.06 bits per heavy atom. The molecule has 33 heavy (non-hydrogen) atoms. The third-order valence-electron chi connectivity index (χ3n) is 6.26. The van der Waals surface area contributed by atoms with E-state index in [0.29, 0.717) is 11.8 Å². The molecule has 1 fully saturated rings. The zero-order valence-electron chi connectivity index (χ0n) is 17.6. The molecule has 0 saturated carbocycles. The highest BCUT2D eigenvalue weighted by molar-refractivity contribution is 5.94. The van der Waals surface area contributed by atoms with Crippen molar-refractivity contribution in [3.05, 3.63) is 59.7 Å². The van der Waals surface area contributed by atoms with Crippen LogP contribution >= 0.6 is 0 Å². The summed E-state index contributed by atoms with van der Waals surface area (Å²) in [7, 11) is 0. The summed E-state index contributed by atoms with van der Waals surface area (Å²) in [5, 5.41) is 10.7. The van der Waals surface area contributed by atoms with Crippen molar-refractivity contribution in [3.8, 4) is 11.1 Å². The summed E-state index contributed by atoms with van der Waals surface area (Å²) in [6.07, 6.45) is -6.55. The summed E-state index contributed by atoms with van der Waals surface area (Å²) < 4.78 is 46.7. The van der Waals surface area contributed by atoms with Crippen molar-refractivity contribution >= 4 is 18.0 Å². The summed E-state index contributed by atoms with van der Waals surface area (Å²) in [6.45, 7) is 0.130. The van der Waals surface area contributed by atoms with Gasteiger partial charge in [0.1, 0.15) is 12.6 Å². The van der Waals surface area contributed by atoms with E-state index in [1.165, 1.54) is 0 Å². The van der Waals surface area contributed by atoms with E-state index in [1.807, 2.05) is 48.5 Å². The summed E-state index contributed by atoms with van der Waals surface area (Å²) in [5.41, 5.74) is 0.339. The molecule has 0 spiro atoms. The van der Waals surface area contributed by atoms with Gasteiger partial charge in [-0.1, -0.05) is 48.5 Å². The van der Waals surface area contributed by atoms with Gasteiger partial charge in [-0.2, -0.15) is 13.2 Å². The zero-order valence-corrected chi connectivity index (χ0v) is 17.6. The molecule has 2 unspecified atom stereocenters. The van der Waals surface area contributed by atoms with E-state index >= 15 is 0 Å². The quantitative estimate of drug-likeness (QED) is 0.709. The van der Waals surface area contributed by atoms with E-state index in [0.717, 1.165) is 22.3 Å². The number of aliphatic carboxylic acids is 1. The lowest BCUT2D eigenvalue weighted by molar-refractivity contribution is -0.205. The topological polar surface area (TPSA) is 95.9 Å². The third kappa shape index (κ3) is 3.79. The first kappa shape index (κ1) is 22.6.